The highest BCUT2D eigenvalue weighted by molar-refractivity contribution is 6.35. The Labute approximate surface area is 137 Å². The normalized spacial score (nSPS) is 27.0. The van der Waals surface area contributed by atoms with E-state index < -0.39 is 0 Å². The van der Waals surface area contributed by atoms with Gasteiger partial charge < -0.3 is 5.32 Å². The molecule has 3 rings (SSSR count). The van der Waals surface area contributed by atoms with Crippen molar-refractivity contribution in [2.45, 2.75) is 51.2 Å². The Kier molecular flexibility index (Phi) is 5.11. The SMILES string of the molecule is CCCC1CN(Cc2c(Cl)cccc2Cl)C(C2CC2)CN1. The van der Waals surface area contributed by atoms with Crippen LogP contribution in [0.25, 0.3) is 0 Å². The van der Waals surface area contributed by atoms with Crippen molar-refractivity contribution in [2.75, 3.05) is 13.1 Å². The van der Waals surface area contributed by atoms with Crippen molar-refractivity contribution in [1.82, 2.24) is 10.2 Å². The molecule has 21 heavy (non-hydrogen) atoms. The molecule has 4 heteroatoms. The molecule has 2 atom stereocenters. The lowest BCUT2D eigenvalue weighted by atomic mass is 10.0. The summed E-state index contributed by atoms with van der Waals surface area (Å²) < 4.78 is 0. The molecule has 2 unspecified atom stereocenters. The van der Waals surface area contributed by atoms with Crippen molar-refractivity contribution in [2.24, 2.45) is 5.92 Å². The average molecular weight is 327 g/mol. The predicted octanol–water partition coefficient (Wildman–Crippen LogP) is 4.35. The first-order chi connectivity index (χ1) is 10.2. The van der Waals surface area contributed by atoms with Crippen molar-refractivity contribution in [3.8, 4) is 0 Å². The molecule has 1 heterocycles. The van der Waals surface area contributed by atoms with E-state index >= 15 is 0 Å². The summed E-state index contributed by atoms with van der Waals surface area (Å²) in [5.74, 6) is 0.862. The maximum absolute atomic E-state index is 6.36. The predicted molar refractivity (Wildman–Crippen MR) is 90.1 cm³/mol. The van der Waals surface area contributed by atoms with Gasteiger partial charge in [-0.2, -0.15) is 0 Å². The first-order valence-electron chi connectivity index (χ1n) is 8.09. The second kappa shape index (κ2) is 6.87. The summed E-state index contributed by atoms with van der Waals surface area (Å²) in [6.45, 7) is 5.35. The topological polar surface area (TPSA) is 15.3 Å². The van der Waals surface area contributed by atoms with Gasteiger partial charge in [0.2, 0.25) is 0 Å². The molecular weight excluding hydrogens is 303 g/mol. The van der Waals surface area contributed by atoms with Gasteiger partial charge in [-0.3, -0.25) is 4.90 Å². The molecule has 0 spiro atoms. The molecule has 1 saturated carbocycles. The second-order valence-corrected chi connectivity index (χ2v) is 7.24. The molecular formula is C17H24Cl2N2. The fourth-order valence-electron chi connectivity index (χ4n) is 3.46. The molecule has 1 aromatic rings. The number of hydrogen-bond acceptors (Lipinski definition) is 2. The van der Waals surface area contributed by atoms with Crippen molar-refractivity contribution in [3.05, 3.63) is 33.8 Å². The minimum absolute atomic E-state index is 0.603. The first kappa shape index (κ1) is 15.6. The minimum atomic E-state index is 0.603. The molecule has 1 saturated heterocycles. The number of rotatable bonds is 5. The third-order valence-electron chi connectivity index (χ3n) is 4.77. The lowest BCUT2D eigenvalue weighted by molar-refractivity contribution is 0.104. The third kappa shape index (κ3) is 3.73. The van der Waals surface area contributed by atoms with Gasteiger partial charge in [0.15, 0.2) is 0 Å². The maximum Gasteiger partial charge on any atom is 0.0465 e. The molecule has 1 N–H and O–H groups in total. The van der Waals surface area contributed by atoms with Crippen LogP contribution in [0.3, 0.4) is 0 Å². The lowest BCUT2D eigenvalue weighted by Gasteiger charge is -2.41. The number of halogens is 2. The summed E-state index contributed by atoms with van der Waals surface area (Å²) in [7, 11) is 0. The largest absolute Gasteiger partial charge is 0.311 e. The van der Waals surface area contributed by atoms with Crippen LogP contribution in [0, 0.1) is 5.92 Å². The third-order valence-corrected chi connectivity index (χ3v) is 5.47. The summed E-state index contributed by atoms with van der Waals surface area (Å²) >= 11 is 12.7. The van der Waals surface area contributed by atoms with Gasteiger partial charge in [-0.25, -0.2) is 0 Å². The van der Waals surface area contributed by atoms with E-state index in [-0.39, 0.29) is 0 Å². The average Bonchev–Trinajstić information content (AvgIpc) is 3.28. The highest BCUT2D eigenvalue weighted by Crippen LogP contribution is 2.38. The fourth-order valence-corrected chi connectivity index (χ4v) is 3.97. The highest BCUT2D eigenvalue weighted by atomic mass is 35.5. The number of hydrogen-bond donors (Lipinski definition) is 1. The Bertz CT molecular complexity index is 467. The van der Waals surface area contributed by atoms with E-state index in [1.807, 2.05) is 18.2 Å². The zero-order valence-corrected chi connectivity index (χ0v) is 14.1. The van der Waals surface area contributed by atoms with Crippen LogP contribution in [-0.4, -0.2) is 30.1 Å². The Hall–Kier alpha value is -0.280. The van der Waals surface area contributed by atoms with Gasteiger partial charge in [-0.05, 0) is 37.3 Å². The van der Waals surface area contributed by atoms with Gasteiger partial charge in [0.25, 0.3) is 0 Å². The van der Waals surface area contributed by atoms with E-state index in [4.69, 9.17) is 23.2 Å². The first-order valence-corrected chi connectivity index (χ1v) is 8.85. The van der Waals surface area contributed by atoms with E-state index in [0.29, 0.717) is 12.1 Å². The van der Waals surface area contributed by atoms with Crippen molar-refractivity contribution in [3.63, 3.8) is 0 Å². The number of nitrogens with zero attached hydrogens (tertiary/aromatic N) is 1. The van der Waals surface area contributed by atoms with Gasteiger partial charge in [-0.15, -0.1) is 0 Å². The molecule has 1 aliphatic heterocycles. The summed E-state index contributed by atoms with van der Waals surface area (Å²) in [4.78, 5) is 2.61. The van der Waals surface area contributed by atoms with E-state index in [2.05, 4.69) is 17.1 Å². The van der Waals surface area contributed by atoms with Crippen LogP contribution in [-0.2, 0) is 6.54 Å². The monoisotopic (exact) mass is 326 g/mol. The molecule has 2 nitrogen and oxygen atoms in total. The summed E-state index contributed by atoms with van der Waals surface area (Å²) in [5, 5.41) is 5.32. The molecule has 0 aromatic heterocycles. The van der Waals surface area contributed by atoms with Crippen LogP contribution >= 0.6 is 23.2 Å². The summed E-state index contributed by atoms with van der Waals surface area (Å²) in [6, 6.07) is 7.06. The number of benzene rings is 1. The Balaban J connectivity index is 1.75. The quantitative estimate of drug-likeness (QED) is 0.865. The van der Waals surface area contributed by atoms with Gasteiger partial charge in [0.1, 0.15) is 0 Å². The van der Waals surface area contributed by atoms with Crippen molar-refractivity contribution in [1.29, 1.82) is 0 Å². The molecule has 116 valence electrons. The highest BCUT2D eigenvalue weighted by Gasteiger charge is 2.38. The number of nitrogens with one attached hydrogen (secondary N) is 1. The van der Waals surface area contributed by atoms with Crippen LogP contribution in [0.5, 0.6) is 0 Å². The smallest absolute Gasteiger partial charge is 0.0465 e. The second-order valence-electron chi connectivity index (χ2n) is 6.43. The molecule has 1 aliphatic carbocycles. The standard InChI is InChI=1S/C17H24Cl2N2/c1-2-4-13-10-21(17(9-20-13)12-7-8-12)11-14-15(18)5-3-6-16(14)19/h3,5-6,12-13,17,20H,2,4,7-11H2,1H3. The van der Waals surface area contributed by atoms with Crippen LogP contribution in [0.15, 0.2) is 18.2 Å². The van der Waals surface area contributed by atoms with E-state index in [9.17, 15) is 0 Å². The van der Waals surface area contributed by atoms with E-state index in [0.717, 1.165) is 41.2 Å². The van der Waals surface area contributed by atoms with Gasteiger partial charge >= 0.3 is 0 Å². The Morgan fingerprint density at radius 3 is 2.57 bits per heavy atom. The van der Waals surface area contributed by atoms with Gasteiger partial charge in [0.05, 0.1) is 0 Å². The zero-order valence-electron chi connectivity index (χ0n) is 12.6. The molecule has 0 bridgehead atoms. The maximum atomic E-state index is 6.36. The van der Waals surface area contributed by atoms with Gasteiger partial charge in [0, 0.05) is 47.3 Å². The van der Waals surface area contributed by atoms with Crippen LogP contribution in [0.1, 0.15) is 38.2 Å². The van der Waals surface area contributed by atoms with Crippen LogP contribution in [0.2, 0.25) is 10.0 Å². The zero-order chi connectivity index (χ0) is 14.8. The van der Waals surface area contributed by atoms with Crippen molar-refractivity contribution >= 4 is 23.2 Å². The van der Waals surface area contributed by atoms with Crippen LogP contribution < -0.4 is 5.32 Å². The van der Waals surface area contributed by atoms with Crippen LogP contribution in [0.4, 0.5) is 0 Å². The summed E-state index contributed by atoms with van der Waals surface area (Å²) in [6.07, 6.45) is 5.21. The summed E-state index contributed by atoms with van der Waals surface area (Å²) in [5.41, 5.74) is 1.09. The van der Waals surface area contributed by atoms with Gasteiger partial charge in [-0.1, -0.05) is 42.6 Å². The molecule has 0 radical (unpaired) electrons. The minimum Gasteiger partial charge on any atom is -0.311 e. The van der Waals surface area contributed by atoms with E-state index in [1.54, 1.807) is 0 Å². The molecule has 1 aromatic carbocycles. The number of piperazine rings is 1. The lowest BCUT2D eigenvalue weighted by Crippen LogP contribution is -2.56. The van der Waals surface area contributed by atoms with E-state index in [1.165, 1.54) is 25.7 Å². The Morgan fingerprint density at radius 1 is 1.24 bits per heavy atom. The fraction of sp³-hybridized carbons (Fsp3) is 0.647. The molecule has 2 aliphatic rings. The Morgan fingerprint density at radius 2 is 1.95 bits per heavy atom. The van der Waals surface area contributed by atoms with Crippen molar-refractivity contribution < 1.29 is 0 Å². The molecule has 0 amide bonds. The molecule has 2 fully saturated rings.